The van der Waals surface area contributed by atoms with Gasteiger partial charge in [0.15, 0.2) is 0 Å². The lowest BCUT2D eigenvalue weighted by Crippen LogP contribution is -2.35. The summed E-state index contributed by atoms with van der Waals surface area (Å²) >= 11 is 7.19. The van der Waals surface area contributed by atoms with Crippen molar-refractivity contribution in [3.05, 3.63) is 20.8 Å². The lowest BCUT2D eigenvalue weighted by atomic mass is 10.3. The third-order valence-corrected chi connectivity index (χ3v) is 3.02. The van der Waals surface area contributed by atoms with E-state index in [2.05, 4.69) is 10.6 Å². The van der Waals surface area contributed by atoms with Gasteiger partial charge >= 0.3 is 0 Å². The summed E-state index contributed by atoms with van der Waals surface area (Å²) in [4.78, 5) is 23.4. The number of aryl methyl sites for hydroxylation is 1. The van der Waals surface area contributed by atoms with Crippen molar-refractivity contribution in [3.63, 3.8) is 0 Å². The smallest absolute Gasteiger partial charge is 0.254 e. The number of halogens is 1. The number of nitrogens with one attached hydrogen (secondary N) is 2. The normalized spacial score (nSPS) is 9.80. The molecule has 2 N–H and O–H groups in total. The van der Waals surface area contributed by atoms with Gasteiger partial charge in [0, 0.05) is 11.9 Å². The molecule has 1 aromatic rings. The van der Waals surface area contributed by atoms with E-state index in [-0.39, 0.29) is 18.4 Å². The van der Waals surface area contributed by atoms with Gasteiger partial charge in [0.2, 0.25) is 5.91 Å². The van der Waals surface area contributed by atoms with Gasteiger partial charge in [0.05, 0.1) is 12.1 Å². The average molecular weight is 247 g/mol. The Balaban J connectivity index is 2.61. The zero-order valence-electron chi connectivity index (χ0n) is 8.39. The number of carbonyl (C=O) groups is 2. The summed E-state index contributed by atoms with van der Waals surface area (Å²) in [6, 6.07) is 1.70. The molecule has 0 bridgehead atoms. The summed E-state index contributed by atoms with van der Waals surface area (Å²) in [6.45, 7) is 1.83. The predicted octanol–water partition coefficient (Wildman–Crippen LogP) is 1.19. The number of amides is 2. The molecule has 0 aliphatic carbocycles. The summed E-state index contributed by atoms with van der Waals surface area (Å²) in [5, 5.41) is 4.88. The van der Waals surface area contributed by atoms with Gasteiger partial charge in [0.25, 0.3) is 5.91 Å². The Kier molecular flexibility index (Phi) is 4.11. The van der Waals surface area contributed by atoms with Crippen LogP contribution in [-0.2, 0) is 4.79 Å². The highest BCUT2D eigenvalue weighted by Crippen LogP contribution is 2.26. The summed E-state index contributed by atoms with van der Waals surface area (Å²) in [7, 11) is 1.51. The van der Waals surface area contributed by atoms with E-state index in [1.807, 2.05) is 6.92 Å². The first-order valence-electron chi connectivity index (χ1n) is 4.29. The fourth-order valence-corrected chi connectivity index (χ4v) is 2.21. The second kappa shape index (κ2) is 5.14. The van der Waals surface area contributed by atoms with Crippen molar-refractivity contribution in [1.82, 2.24) is 10.6 Å². The minimum absolute atomic E-state index is 0.0411. The Hall–Kier alpha value is -1.07. The van der Waals surface area contributed by atoms with Crippen LogP contribution in [0.4, 0.5) is 0 Å². The highest BCUT2D eigenvalue weighted by Gasteiger charge is 2.13. The molecular formula is C9H11ClN2O2S. The number of hydrogen-bond acceptors (Lipinski definition) is 3. The first-order chi connectivity index (χ1) is 7.04. The predicted molar refractivity (Wildman–Crippen MR) is 60.5 cm³/mol. The largest absolute Gasteiger partial charge is 0.358 e. The van der Waals surface area contributed by atoms with E-state index in [1.54, 1.807) is 6.07 Å². The van der Waals surface area contributed by atoms with Gasteiger partial charge < -0.3 is 10.6 Å². The first-order valence-corrected chi connectivity index (χ1v) is 5.48. The molecule has 1 heterocycles. The number of hydrogen-bond donors (Lipinski definition) is 2. The zero-order chi connectivity index (χ0) is 11.4. The monoisotopic (exact) mass is 246 g/mol. The summed E-state index contributed by atoms with van der Waals surface area (Å²) in [5.41, 5.74) is 0.420. The lowest BCUT2D eigenvalue weighted by Gasteiger charge is -2.02. The van der Waals surface area contributed by atoms with Crippen LogP contribution in [0.25, 0.3) is 0 Å². The lowest BCUT2D eigenvalue weighted by molar-refractivity contribution is -0.119. The topological polar surface area (TPSA) is 58.2 Å². The van der Waals surface area contributed by atoms with Crippen molar-refractivity contribution in [1.29, 1.82) is 0 Å². The van der Waals surface area contributed by atoms with Crippen LogP contribution in [0.5, 0.6) is 0 Å². The SMILES string of the molecule is CNC(=O)CNC(=O)c1cc(C)sc1Cl. The summed E-state index contributed by atoms with van der Waals surface area (Å²) in [5.74, 6) is -0.570. The molecule has 0 unspecified atom stereocenters. The maximum atomic E-state index is 11.5. The van der Waals surface area contributed by atoms with Gasteiger partial charge in [-0.3, -0.25) is 9.59 Å². The van der Waals surface area contributed by atoms with Gasteiger partial charge in [0.1, 0.15) is 4.34 Å². The molecule has 0 aliphatic heterocycles. The Morgan fingerprint density at radius 2 is 2.20 bits per heavy atom. The van der Waals surface area contributed by atoms with Crippen molar-refractivity contribution in [2.75, 3.05) is 13.6 Å². The molecule has 0 aromatic carbocycles. The quantitative estimate of drug-likeness (QED) is 0.842. The average Bonchev–Trinajstić information content (AvgIpc) is 2.53. The van der Waals surface area contributed by atoms with Crippen LogP contribution in [-0.4, -0.2) is 25.4 Å². The van der Waals surface area contributed by atoms with Crippen molar-refractivity contribution >= 4 is 34.8 Å². The minimum atomic E-state index is -0.326. The van der Waals surface area contributed by atoms with E-state index in [1.165, 1.54) is 18.4 Å². The van der Waals surface area contributed by atoms with Crippen molar-refractivity contribution in [3.8, 4) is 0 Å². The molecule has 15 heavy (non-hydrogen) atoms. The van der Waals surface area contributed by atoms with Crippen LogP contribution in [0.1, 0.15) is 15.2 Å². The molecule has 0 fully saturated rings. The minimum Gasteiger partial charge on any atom is -0.358 e. The highest BCUT2D eigenvalue weighted by atomic mass is 35.5. The Morgan fingerprint density at radius 1 is 1.53 bits per heavy atom. The Bertz CT molecular complexity index is 389. The Morgan fingerprint density at radius 3 is 2.67 bits per heavy atom. The van der Waals surface area contributed by atoms with Crippen LogP contribution in [0, 0.1) is 6.92 Å². The van der Waals surface area contributed by atoms with Gasteiger partial charge in [-0.25, -0.2) is 0 Å². The van der Waals surface area contributed by atoms with E-state index in [9.17, 15) is 9.59 Å². The van der Waals surface area contributed by atoms with E-state index in [4.69, 9.17) is 11.6 Å². The van der Waals surface area contributed by atoms with Crippen LogP contribution >= 0.6 is 22.9 Å². The second-order valence-corrected chi connectivity index (χ2v) is 4.76. The molecule has 82 valence electrons. The number of likely N-dealkylation sites (N-methyl/N-ethyl adjacent to an activating group) is 1. The van der Waals surface area contributed by atoms with E-state index in [0.29, 0.717) is 9.90 Å². The van der Waals surface area contributed by atoms with Crippen LogP contribution in [0.2, 0.25) is 4.34 Å². The van der Waals surface area contributed by atoms with Gasteiger partial charge in [-0.05, 0) is 13.0 Å². The summed E-state index contributed by atoms with van der Waals surface area (Å²) < 4.78 is 0.446. The second-order valence-electron chi connectivity index (χ2n) is 2.90. The number of carbonyl (C=O) groups excluding carboxylic acids is 2. The molecule has 0 aliphatic rings. The van der Waals surface area contributed by atoms with Crippen LogP contribution in [0.15, 0.2) is 6.07 Å². The van der Waals surface area contributed by atoms with E-state index >= 15 is 0 Å². The molecular weight excluding hydrogens is 236 g/mol. The van der Waals surface area contributed by atoms with Crippen molar-refractivity contribution in [2.24, 2.45) is 0 Å². The van der Waals surface area contributed by atoms with Gasteiger partial charge in [-0.15, -0.1) is 11.3 Å². The van der Waals surface area contributed by atoms with Crippen LogP contribution in [0.3, 0.4) is 0 Å². The molecule has 0 saturated heterocycles. The molecule has 2 amide bonds. The number of thiophene rings is 1. The van der Waals surface area contributed by atoms with Gasteiger partial charge in [-0.1, -0.05) is 11.6 Å². The molecule has 0 spiro atoms. The number of rotatable bonds is 3. The molecule has 0 radical (unpaired) electrons. The molecule has 1 rings (SSSR count). The standard InChI is InChI=1S/C9H11ClN2O2S/c1-5-3-6(8(10)15-5)9(14)12-4-7(13)11-2/h3H,4H2,1-2H3,(H,11,13)(H,12,14). The van der Waals surface area contributed by atoms with Crippen LogP contribution < -0.4 is 10.6 Å². The summed E-state index contributed by atoms with van der Waals surface area (Å²) in [6.07, 6.45) is 0. The fraction of sp³-hybridized carbons (Fsp3) is 0.333. The molecule has 6 heteroatoms. The van der Waals surface area contributed by atoms with Crippen molar-refractivity contribution < 1.29 is 9.59 Å². The fourth-order valence-electron chi connectivity index (χ4n) is 0.985. The Labute approximate surface area is 96.6 Å². The third kappa shape index (κ3) is 3.21. The van der Waals surface area contributed by atoms with Crippen molar-refractivity contribution in [2.45, 2.75) is 6.92 Å². The van der Waals surface area contributed by atoms with Gasteiger partial charge in [-0.2, -0.15) is 0 Å². The molecule has 0 atom stereocenters. The highest BCUT2D eigenvalue weighted by molar-refractivity contribution is 7.16. The molecule has 1 aromatic heterocycles. The molecule has 4 nitrogen and oxygen atoms in total. The van der Waals surface area contributed by atoms with E-state index in [0.717, 1.165) is 4.88 Å². The van der Waals surface area contributed by atoms with E-state index < -0.39 is 0 Å². The maximum absolute atomic E-state index is 11.5. The first kappa shape index (κ1) is 12.0. The maximum Gasteiger partial charge on any atom is 0.254 e. The molecule has 0 saturated carbocycles. The third-order valence-electron chi connectivity index (χ3n) is 1.74. The zero-order valence-corrected chi connectivity index (χ0v) is 9.96.